The molecule has 0 aliphatic carbocycles. The summed E-state index contributed by atoms with van der Waals surface area (Å²) in [5.41, 5.74) is -0.678. The predicted octanol–water partition coefficient (Wildman–Crippen LogP) is 8.41. The standard InChI is InChI=1S/C15H25F3N2O.C9H6F4O/c1-4-6-12(8-7-11(3)5-2)13-9-14(21-20-13)19-10-15(16,17)18;1-5(14)6-2-3-7(8(10)4-6)9(11,12)13/h9,11-12,19H,4-8,10H2,1-3H3;2-4H,1H3. The van der Waals surface area contributed by atoms with Gasteiger partial charge in [-0.2, -0.15) is 26.3 Å². The molecule has 2 atom stereocenters. The number of carbonyl (C=O) groups excluding carboxylic acids is 1. The molecule has 4 nitrogen and oxygen atoms in total. The summed E-state index contributed by atoms with van der Waals surface area (Å²) in [4.78, 5) is 10.7. The molecule has 0 spiro atoms. The minimum absolute atomic E-state index is 0.0736. The molecule has 1 N–H and O–H groups in total. The van der Waals surface area contributed by atoms with Crippen molar-refractivity contribution in [3.63, 3.8) is 0 Å². The number of benzene rings is 1. The molecule has 2 unspecified atom stereocenters. The van der Waals surface area contributed by atoms with Crippen LogP contribution in [-0.4, -0.2) is 23.7 Å². The molecule has 0 aliphatic rings. The summed E-state index contributed by atoms with van der Waals surface area (Å²) in [5, 5.41) is 6.16. The Labute approximate surface area is 200 Å². The van der Waals surface area contributed by atoms with Crippen molar-refractivity contribution >= 4 is 11.7 Å². The Morgan fingerprint density at radius 2 is 1.71 bits per heavy atom. The van der Waals surface area contributed by atoms with E-state index in [1.165, 1.54) is 0 Å². The molecular weight excluding hydrogens is 481 g/mol. The van der Waals surface area contributed by atoms with E-state index in [0.717, 1.165) is 50.8 Å². The maximum absolute atomic E-state index is 12.8. The topological polar surface area (TPSA) is 55.1 Å². The molecule has 2 aromatic rings. The summed E-state index contributed by atoms with van der Waals surface area (Å²) in [6.07, 6.45) is -3.76. The van der Waals surface area contributed by atoms with Gasteiger partial charge in [0.25, 0.3) is 0 Å². The number of Topliss-reactive ketones (excluding diaryl/α,β-unsaturated/α-hetero) is 1. The van der Waals surface area contributed by atoms with Crippen LogP contribution >= 0.6 is 0 Å². The number of nitrogens with one attached hydrogen (secondary N) is 1. The maximum atomic E-state index is 12.8. The Kier molecular flexibility index (Phi) is 11.7. The van der Waals surface area contributed by atoms with Gasteiger partial charge in [0.1, 0.15) is 12.4 Å². The van der Waals surface area contributed by atoms with Crippen molar-refractivity contribution in [2.24, 2.45) is 5.92 Å². The minimum atomic E-state index is -4.72. The van der Waals surface area contributed by atoms with Gasteiger partial charge in [-0.15, -0.1) is 0 Å². The fourth-order valence-corrected chi connectivity index (χ4v) is 3.19. The molecule has 35 heavy (non-hydrogen) atoms. The zero-order chi connectivity index (χ0) is 26.8. The second-order valence-corrected chi connectivity index (χ2v) is 8.41. The molecule has 0 saturated carbocycles. The molecule has 0 fully saturated rings. The number of hydrogen-bond donors (Lipinski definition) is 1. The lowest BCUT2D eigenvalue weighted by molar-refractivity contribution is -0.140. The van der Waals surface area contributed by atoms with Crippen molar-refractivity contribution in [3.8, 4) is 0 Å². The van der Waals surface area contributed by atoms with Crippen molar-refractivity contribution in [2.75, 3.05) is 11.9 Å². The van der Waals surface area contributed by atoms with Gasteiger partial charge in [-0.05, 0) is 37.8 Å². The van der Waals surface area contributed by atoms with Gasteiger partial charge < -0.3 is 9.84 Å². The molecule has 1 heterocycles. The van der Waals surface area contributed by atoms with E-state index in [4.69, 9.17) is 4.52 Å². The van der Waals surface area contributed by atoms with Crippen LogP contribution in [0.1, 0.15) is 87.3 Å². The van der Waals surface area contributed by atoms with Gasteiger partial charge in [-0.25, -0.2) is 4.39 Å². The number of aromatic nitrogens is 1. The van der Waals surface area contributed by atoms with Crippen LogP contribution in [0.5, 0.6) is 0 Å². The number of ketones is 1. The number of nitrogens with zero attached hydrogens (tertiary/aromatic N) is 1. The Balaban J connectivity index is 0.000000379. The molecule has 1 aromatic carbocycles. The molecule has 0 radical (unpaired) electrons. The number of rotatable bonds is 10. The van der Waals surface area contributed by atoms with Gasteiger partial charge in [0.05, 0.1) is 11.3 Å². The quantitative estimate of drug-likeness (QED) is 0.257. The van der Waals surface area contributed by atoms with Crippen LogP contribution in [0.2, 0.25) is 0 Å². The average Bonchev–Trinajstić information content (AvgIpc) is 3.23. The third kappa shape index (κ3) is 11.1. The molecule has 0 aliphatic heterocycles. The molecule has 198 valence electrons. The SMILES string of the molecule is CC(=O)c1ccc(C(F)(F)F)c(F)c1.CCCC(CCC(C)CC)c1cc(NCC(F)(F)F)on1. The van der Waals surface area contributed by atoms with E-state index in [2.05, 4.69) is 31.2 Å². The zero-order valence-corrected chi connectivity index (χ0v) is 20.1. The normalized spacial score (nSPS) is 13.6. The number of hydrogen-bond acceptors (Lipinski definition) is 4. The van der Waals surface area contributed by atoms with Gasteiger partial charge in [0, 0.05) is 17.5 Å². The molecule has 0 bridgehead atoms. The Morgan fingerprint density at radius 3 is 2.20 bits per heavy atom. The number of halogens is 7. The highest BCUT2D eigenvalue weighted by Crippen LogP contribution is 2.32. The van der Waals surface area contributed by atoms with Gasteiger partial charge >= 0.3 is 12.4 Å². The van der Waals surface area contributed by atoms with Gasteiger partial charge in [-0.3, -0.25) is 4.79 Å². The summed E-state index contributed by atoms with van der Waals surface area (Å²) >= 11 is 0. The van der Waals surface area contributed by atoms with Gasteiger partial charge in [-0.1, -0.05) is 51.3 Å². The Hall–Kier alpha value is -2.59. The lowest BCUT2D eigenvalue weighted by Crippen LogP contribution is -2.20. The predicted molar refractivity (Wildman–Crippen MR) is 119 cm³/mol. The van der Waals surface area contributed by atoms with Crippen LogP contribution in [0.25, 0.3) is 0 Å². The van der Waals surface area contributed by atoms with Crippen LogP contribution in [0.4, 0.5) is 36.6 Å². The Bertz CT molecular complexity index is 923. The monoisotopic (exact) mass is 512 g/mol. The van der Waals surface area contributed by atoms with Crippen molar-refractivity contribution in [3.05, 3.63) is 46.9 Å². The van der Waals surface area contributed by atoms with Crippen LogP contribution in [0.15, 0.2) is 28.8 Å². The summed E-state index contributed by atoms with van der Waals surface area (Å²) < 4.78 is 90.4. The second-order valence-electron chi connectivity index (χ2n) is 8.41. The third-order valence-corrected chi connectivity index (χ3v) is 5.43. The first-order chi connectivity index (χ1) is 16.2. The first kappa shape index (κ1) is 30.4. The molecule has 2 rings (SSSR count). The fourth-order valence-electron chi connectivity index (χ4n) is 3.19. The minimum Gasteiger partial charge on any atom is -0.345 e. The van der Waals surface area contributed by atoms with Crippen molar-refractivity contribution in [1.29, 1.82) is 0 Å². The highest BCUT2D eigenvalue weighted by Gasteiger charge is 2.34. The first-order valence-corrected chi connectivity index (χ1v) is 11.3. The molecule has 1 aromatic heterocycles. The van der Waals surface area contributed by atoms with Gasteiger partial charge in [0.15, 0.2) is 5.78 Å². The highest BCUT2D eigenvalue weighted by molar-refractivity contribution is 5.94. The fraction of sp³-hybridized carbons (Fsp3) is 0.583. The highest BCUT2D eigenvalue weighted by atomic mass is 19.4. The average molecular weight is 513 g/mol. The van der Waals surface area contributed by atoms with E-state index in [9.17, 15) is 35.5 Å². The third-order valence-electron chi connectivity index (χ3n) is 5.43. The van der Waals surface area contributed by atoms with Crippen molar-refractivity contribution in [1.82, 2.24) is 5.16 Å². The lowest BCUT2D eigenvalue weighted by Gasteiger charge is -2.15. The van der Waals surface area contributed by atoms with Crippen LogP contribution < -0.4 is 5.32 Å². The molecule has 0 saturated heterocycles. The van der Waals surface area contributed by atoms with E-state index >= 15 is 0 Å². The molecular formula is C24H31F7N2O2. The summed E-state index contributed by atoms with van der Waals surface area (Å²) in [6, 6.07) is 3.70. The second kappa shape index (κ2) is 13.5. The van der Waals surface area contributed by atoms with Crippen molar-refractivity contribution < 1.29 is 40.1 Å². The maximum Gasteiger partial charge on any atom is 0.419 e. The zero-order valence-electron chi connectivity index (χ0n) is 20.1. The van der Waals surface area contributed by atoms with E-state index in [1.807, 2.05) is 0 Å². The van der Waals surface area contributed by atoms with E-state index in [0.29, 0.717) is 18.1 Å². The number of carbonyl (C=O) groups is 1. The summed E-state index contributed by atoms with van der Waals surface area (Å²) in [6.45, 7) is 6.52. The van der Waals surface area contributed by atoms with E-state index in [1.54, 1.807) is 6.07 Å². The summed E-state index contributed by atoms with van der Waals surface area (Å²) in [5.74, 6) is -0.900. The van der Waals surface area contributed by atoms with Crippen LogP contribution in [0.3, 0.4) is 0 Å². The summed E-state index contributed by atoms with van der Waals surface area (Å²) in [7, 11) is 0. The van der Waals surface area contributed by atoms with Crippen molar-refractivity contribution in [2.45, 2.75) is 78.1 Å². The molecule has 0 amide bonds. The number of anilines is 1. The largest absolute Gasteiger partial charge is 0.419 e. The van der Waals surface area contributed by atoms with E-state index in [-0.39, 0.29) is 17.4 Å². The first-order valence-electron chi connectivity index (χ1n) is 11.3. The number of alkyl halides is 6. The van der Waals surface area contributed by atoms with E-state index < -0.39 is 36.1 Å². The lowest BCUT2D eigenvalue weighted by atomic mass is 9.90. The van der Waals surface area contributed by atoms with Crippen LogP contribution in [-0.2, 0) is 6.18 Å². The molecule has 11 heteroatoms. The van der Waals surface area contributed by atoms with Gasteiger partial charge in [0.2, 0.25) is 5.88 Å². The smallest absolute Gasteiger partial charge is 0.345 e. The van der Waals surface area contributed by atoms with Crippen LogP contribution in [0, 0.1) is 11.7 Å². The Morgan fingerprint density at radius 1 is 1.06 bits per heavy atom.